The molecule has 0 radical (unpaired) electrons. The van der Waals surface area contributed by atoms with Crippen molar-refractivity contribution >= 4 is 11.6 Å². The molecule has 0 amide bonds. The molecule has 15 heavy (non-hydrogen) atoms. The van der Waals surface area contributed by atoms with Gasteiger partial charge < -0.3 is 0 Å². The molecule has 0 fully saturated rings. The van der Waals surface area contributed by atoms with Gasteiger partial charge in [0.2, 0.25) is 0 Å². The van der Waals surface area contributed by atoms with Crippen molar-refractivity contribution in [1.29, 1.82) is 0 Å². The molecule has 1 aromatic heterocycles. The summed E-state index contributed by atoms with van der Waals surface area (Å²) in [6, 6.07) is 0. The molecule has 0 N–H and O–H groups in total. The Bertz CT molecular complexity index is 299. The van der Waals surface area contributed by atoms with E-state index >= 15 is 0 Å². The lowest BCUT2D eigenvalue weighted by Crippen LogP contribution is -2.20. The molecule has 1 atom stereocenters. The molecule has 0 aliphatic heterocycles. The Hall–Kier alpha value is -0.500. The number of aromatic nitrogens is 2. The predicted molar refractivity (Wildman–Crippen MR) is 65.2 cm³/mol. The van der Waals surface area contributed by atoms with Gasteiger partial charge in [0.1, 0.15) is 0 Å². The van der Waals surface area contributed by atoms with E-state index < -0.39 is 0 Å². The highest BCUT2D eigenvalue weighted by atomic mass is 35.5. The van der Waals surface area contributed by atoms with Crippen molar-refractivity contribution < 1.29 is 0 Å². The Labute approximate surface area is 97.6 Å². The van der Waals surface area contributed by atoms with Gasteiger partial charge in [-0.05, 0) is 30.2 Å². The van der Waals surface area contributed by atoms with Crippen LogP contribution in [0.25, 0.3) is 0 Å². The van der Waals surface area contributed by atoms with Crippen molar-refractivity contribution in [2.45, 2.75) is 45.4 Å². The standard InChI is InChI=1S/C12H21ClN2/c1-12(2,3)11(13)7-5-6-10-8-14-15(4)9-10/h8-9,11H,5-7H2,1-4H3. The average Bonchev–Trinajstić information content (AvgIpc) is 2.49. The highest BCUT2D eigenvalue weighted by Gasteiger charge is 2.21. The summed E-state index contributed by atoms with van der Waals surface area (Å²) in [5, 5.41) is 4.41. The summed E-state index contributed by atoms with van der Waals surface area (Å²) in [4.78, 5) is 0. The molecule has 0 saturated heterocycles. The lowest BCUT2D eigenvalue weighted by Gasteiger charge is -2.24. The van der Waals surface area contributed by atoms with E-state index in [1.54, 1.807) is 0 Å². The monoisotopic (exact) mass is 228 g/mol. The Morgan fingerprint density at radius 2 is 2.13 bits per heavy atom. The molecule has 1 aromatic rings. The van der Waals surface area contributed by atoms with Crippen molar-refractivity contribution in [2.75, 3.05) is 0 Å². The van der Waals surface area contributed by atoms with E-state index in [1.165, 1.54) is 5.56 Å². The zero-order valence-electron chi connectivity index (χ0n) is 10.1. The Balaban J connectivity index is 2.28. The number of aryl methyl sites for hydroxylation is 2. The minimum atomic E-state index is 0.205. The summed E-state index contributed by atoms with van der Waals surface area (Å²) in [5.74, 6) is 0. The van der Waals surface area contributed by atoms with Crippen LogP contribution >= 0.6 is 11.6 Å². The molecule has 0 aliphatic carbocycles. The Morgan fingerprint density at radius 3 is 2.60 bits per heavy atom. The second-order valence-electron chi connectivity index (χ2n) is 5.25. The van der Waals surface area contributed by atoms with E-state index in [-0.39, 0.29) is 10.8 Å². The first-order chi connectivity index (χ1) is 6.89. The normalized spacial score (nSPS) is 14.2. The van der Waals surface area contributed by atoms with Crippen LogP contribution in [0.5, 0.6) is 0 Å². The molecule has 0 spiro atoms. The van der Waals surface area contributed by atoms with E-state index in [4.69, 9.17) is 11.6 Å². The van der Waals surface area contributed by atoms with Crippen LogP contribution in [0.15, 0.2) is 12.4 Å². The van der Waals surface area contributed by atoms with Crippen LogP contribution in [0, 0.1) is 5.41 Å². The first-order valence-corrected chi connectivity index (χ1v) is 5.95. The van der Waals surface area contributed by atoms with E-state index in [2.05, 4.69) is 32.1 Å². The number of hydrogen-bond donors (Lipinski definition) is 0. The first kappa shape index (κ1) is 12.6. The van der Waals surface area contributed by atoms with Crippen LogP contribution in [0.1, 0.15) is 39.2 Å². The van der Waals surface area contributed by atoms with Crippen molar-refractivity contribution in [2.24, 2.45) is 12.5 Å². The van der Waals surface area contributed by atoms with Gasteiger partial charge in [-0.15, -0.1) is 11.6 Å². The fourth-order valence-electron chi connectivity index (χ4n) is 1.52. The van der Waals surface area contributed by atoms with Crippen molar-refractivity contribution in [3.05, 3.63) is 18.0 Å². The maximum Gasteiger partial charge on any atom is 0.0521 e. The van der Waals surface area contributed by atoms with Crippen LogP contribution in [0.2, 0.25) is 0 Å². The molecule has 86 valence electrons. The lowest BCUT2D eigenvalue weighted by atomic mass is 9.88. The van der Waals surface area contributed by atoms with E-state index in [1.807, 2.05) is 17.9 Å². The van der Waals surface area contributed by atoms with Crippen LogP contribution in [-0.2, 0) is 13.5 Å². The van der Waals surface area contributed by atoms with Crippen LogP contribution in [0.3, 0.4) is 0 Å². The van der Waals surface area contributed by atoms with Crippen LogP contribution in [-0.4, -0.2) is 15.2 Å². The molecule has 0 saturated carbocycles. The summed E-state index contributed by atoms with van der Waals surface area (Å²) in [6.07, 6.45) is 7.28. The average molecular weight is 229 g/mol. The molecule has 0 aromatic carbocycles. The second-order valence-corrected chi connectivity index (χ2v) is 5.77. The third kappa shape index (κ3) is 4.25. The third-order valence-electron chi connectivity index (χ3n) is 2.62. The minimum Gasteiger partial charge on any atom is -0.276 e. The smallest absolute Gasteiger partial charge is 0.0521 e. The maximum absolute atomic E-state index is 6.31. The van der Waals surface area contributed by atoms with Gasteiger partial charge in [0, 0.05) is 18.6 Å². The highest BCUT2D eigenvalue weighted by molar-refractivity contribution is 6.21. The summed E-state index contributed by atoms with van der Waals surface area (Å²) in [6.45, 7) is 6.57. The third-order valence-corrected chi connectivity index (χ3v) is 3.49. The van der Waals surface area contributed by atoms with Gasteiger partial charge in [0.15, 0.2) is 0 Å². The molecule has 1 heterocycles. The predicted octanol–water partition coefficient (Wildman–Crippen LogP) is 3.40. The quantitative estimate of drug-likeness (QED) is 0.723. The van der Waals surface area contributed by atoms with Gasteiger partial charge >= 0.3 is 0 Å². The number of rotatable bonds is 4. The van der Waals surface area contributed by atoms with E-state index in [0.29, 0.717) is 0 Å². The van der Waals surface area contributed by atoms with Gasteiger partial charge in [-0.1, -0.05) is 20.8 Å². The fourth-order valence-corrected chi connectivity index (χ4v) is 1.67. The summed E-state index contributed by atoms with van der Waals surface area (Å²) in [5.41, 5.74) is 1.51. The number of nitrogens with zero attached hydrogens (tertiary/aromatic N) is 2. The zero-order chi connectivity index (χ0) is 11.5. The van der Waals surface area contributed by atoms with Gasteiger partial charge in [-0.2, -0.15) is 5.10 Å². The van der Waals surface area contributed by atoms with Crippen LogP contribution < -0.4 is 0 Å². The molecule has 1 rings (SSSR count). The van der Waals surface area contributed by atoms with Gasteiger partial charge in [0.25, 0.3) is 0 Å². The first-order valence-electron chi connectivity index (χ1n) is 5.51. The van der Waals surface area contributed by atoms with Gasteiger partial charge in [0.05, 0.1) is 6.20 Å². The van der Waals surface area contributed by atoms with Crippen molar-refractivity contribution in [1.82, 2.24) is 9.78 Å². The second kappa shape index (κ2) is 5.02. The number of alkyl halides is 1. The highest BCUT2D eigenvalue weighted by Crippen LogP contribution is 2.28. The molecule has 0 aliphatic rings. The molecule has 2 nitrogen and oxygen atoms in total. The topological polar surface area (TPSA) is 17.8 Å². The summed E-state index contributed by atoms with van der Waals surface area (Å²) >= 11 is 6.31. The largest absolute Gasteiger partial charge is 0.276 e. The maximum atomic E-state index is 6.31. The van der Waals surface area contributed by atoms with E-state index in [0.717, 1.165) is 19.3 Å². The molecular formula is C12H21ClN2. The number of hydrogen-bond acceptors (Lipinski definition) is 1. The SMILES string of the molecule is Cn1cc(CCCC(Cl)C(C)(C)C)cn1. The molecule has 1 unspecified atom stereocenters. The van der Waals surface area contributed by atoms with Crippen LogP contribution in [0.4, 0.5) is 0 Å². The van der Waals surface area contributed by atoms with Crippen molar-refractivity contribution in [3.63, 3.8) is 0 Å². The molecular weight excluding hydrogens is 208 g/mol. The van der Waals surface area contributed by atoms with Gasteiger partial charge in [-0.3, -0.25) is 4.68 Å². The molecule has 0 bridgehead atoms. The Kier molecular flexibility index (Phi) is 4.21. The fraction of sp³-hybridized carbons (Fsp3) is 0.750. The van der Waals surface area contributed by atoms with Gasteiger partial charge in [-0.25, -0.2) is 0 Å². The number of halogens is 1. The van der Waals surface area contributed by atoms with E-state index in [9.17, 15) is 0 Å². The summed E-state index contributed by atoms with van der Waals surface area (Å²) in [7, 11) is 1.95. The Morgan fingerprint density at radius 1 is 1.47 bits per heavy atom. The zero-order valence-corrected chi connectivity index (χ0v) is 10.9. The summed E-state index contributed by atoms with van der Waals surface area (Å²) < 4.78 is 1.84. The lowest BCUT2D eigenvalue weighted by molar-refractivity contribution is 0.369. The van der Waals surface area contributed by atoms with Crippen molar-refractivity contribution in [3.8, 4) is 0 Å². The molecule has 3 heteroatoms. The minimum absolute atomic E-state index is 0.205.